The number of hydrogen-bond acceptors (Lipinski definition) is 6. The van der Waals surface area contributed by atoms with E-state index in [4.69, 9.17) is 9.47 Å². The predicted molar refractivity (Wildman–Crippen MR) is 156 cm³/mol. The van der Waals surface area contributed by atoms with E-state index in [0.717, 1.165) is 17.7 Å². The van der Waals surface area contributed by atoms with Crippen LogP contribution in [0, 0.1) is 5.82 Å². The molecular formula is C31H28FN3O6S. The topological polar surface area (TPSA) is 114 Å². The van der Waals surface area contributed by atoms with Crippen molar-refractivity contribution >= 4 is 33.2 Å². The molecule has 2 N–H and O–H groups in total. The van der Waals surface area contributed by atoms with Gasteiger partial charge in [-0.3, -0.25) is 14.3 Å². The molecule has 0 fully saturated rings. The summed E-state index contributed by atoms with van der Waals surface area (Å²) in [6.45, 7) is 0.0752. The highest BCUT2D eigenvalue weighted by molar-refractivity contribution is 7.92. The molecule has 2 amide bonds. The van der Waals surface area contributed by atoms with Gasteiger partial charge in [0.2, 0.25) is 0 Å². The van der Waals surface area contributed by atoms with Gasteiger partial charge in [0.1, 0.15) is 17.3 Å². The Morgan fingerprint density at radius 2 is 1.60 bits per heavy atom. The van der Waals surface area contributed by atoms with E-state index in [1.807, 2.05) is 30.3 Å². The van der Waals surface area contributed by atoms with Gasteiger partial charge in [0.15, 0.2) is 12.7 Å². The van der Waals surface area contributed by atoms with E-state index < -0.39 is 27.9 Å². The van der Waals surface area contributed by atoms with Crippen LogP contribution in [0.3, 0.4) is 0 Å². The summed E-state index contributed by atoms with van der Waals surface area (Å²) in [6, 6.07) is 27.2. The lowest BCUT2D eigenvalue weighted by molar-refractivity contribution is -0.128. The van der Waals surface area contributed by atoms with Crippen molar-refractivity contribution in [2.75, 3.05) is 29.3 Å². The van der Waals surface area contributed by atoms with Gasteiger partial charge in [0.05, 0.1) is 17.1 Å². The third kappa shape index (κ3) is 7.05. The quantitative estimate of drug-likeness (QED) is 0.287. The standard InChI is InChI=1S/C31H28FN3O6S/c32-23-10-12-24(13-11-23)34-42(38,39)26-16-14-25(15-17-26)40-21-30(36)35-20-29(41-28-9-5-4-8-27(28)35)31(37)33-19-18-22-6-2-1-3-7-22/h1-17,29,34H,18-21H2,(H,33,37)/t29-/m1/s1. The van der Waals surface area contributed by atoms with Gasteiger partial charge in [0, 0.05) is 12.2 Å². The number of carbonyl (C=O) groups is 2. The largest absolute Gasteiger partial charge is 0.484 e. The number of rotatable bonds is 10. The van der Waals surface area contributed by atoms with E-state index in [2.05, 4.69) is 10.0 Å². The van der Waals surface area contributed by atoms with E-state index in [0.29, 0.717) is 24.4 Å². The first-order valence-electron chi connectivity index (χ1n) is 13.2. The molecule has 1 aliphatic heterocycles. The zero-order valence-corrected chi connectivity index (χ0v) is 23.2. The van der Waals surface area contributed by atoms with Gasteiger partial charge in [-0.15, -0.1) is 0 Å². The van der Waals surface area contributed by atoms with Crippen molar-refractivity contribution in [3.63, 3.8) is 0 Å². The third-order valence-electron chi connectivity index (χ3n) is 6.52. The molecule has 1 aliphatic rings. The number of sulfonamides is 1. The van der Waals surface area contributed by atoms with Crippen LogP contribution in [0.2, 0.25) is 0 Å². The maximum absolute atomic E-state index is 13.2. The van der Waals surface area contributed by atoms with Crippen LogP contribution in [0.15, 0.2) is 108 Å². The van der Waals surface area contributed by atoms with Crippen LogP contribution in [0.1, 0.15) is 5.56 Å². The zero-order valence-electron chi connectivity index (χ0n) is 22.4. The molecule has 4 aromatic carbocycles. The van der Waals surface area contributed by atoms with Crippen molar-refractivity contribution in [3.05, 3.63) is 115 Å². The number of ether oxygens (including phenoxy) is 2. The molecule has 0 unspecified atom stereocenters. The van der Waals surface area contributed by atoms with Crippen LogP contribution in [-0.2, 0) is 26.0 Å². The minimum Gasteiger partial charge on any atom is -0.484 e. The average molecular weight is 590 g/mol. The molecule has 216 valence electrons. The SMILES string of the molecule is O=C(NCCc1ccccc1)[C@H]1CN(C(=O)COc2ccc(S(=O)(=O)Nc3ccc(F)cc3)cc2)c2ccccc2O1. The second-order valence-corrected chi connectivity index (χ2v) is 11.2. The maximum atomic E-state index is 13.2. The second-order valence-electron chi connectivity index (χ2n) is 9.48. The number of para-hydroxylation sites is 2. The Bertz CT molecular complexity index is 1650. The van der Waals surface area contributed by atoms with E-state index in [1.54, 1.807) is 24.3 Å². The monoisotopic (exact) mass is 589 g/mol. The zero-order chi connectivity index (χ0) is 29.5. The van der Waals surface area contributed by atoms with E-state index in [1.165, 1.54) is 41.3 Å². The molecular weight excluding hydrogens is 561 g/mol. The molecule has 42 heavy (non-hydrogen) atoms. The summed E-state index contributed by atoms with van der Waals surface area (Å²) >= 11 is 0. The highest BCUT2D eigenvalue weighted by Crippen LogP contribution is 2.33. The van der Waals surface area contributed by atoms with Crippen molar-refractivity contribution < 1.29 is 31.9 Å². The van der Waals surface area contributed by atoms with Gasteiger partial charge in [-0.05, 0) is 72.6 Å². The molecule has 0 radical (unpaired) electrons. The highest BCUT2D eigenvalue weighted by atomic mass is 32.2. The van der Waals surface area contributed by atoms with Crippen LogP contribution in [0.4, 0.5) is 15.8 Å². The number of benzene rings is 4. The van der Waals surface area contributed by atoms with Gasteiger partial charge >= 0.3 is 0 Å². The van der Waals surface area contributed by atoms with Crippen molar-refractivity contribution in [3.8, 4) is 11.5 Å². The number of hydrogen-bond donors (Lipinski definition) is 2. The lowest BCUT2D eigenvalue weighted by atomic mass is 10.1. The van der Waals surface area contributed by atoms with E-state index in [9.17, 15) is 22.4 Å². The predicted octanol–water partition coefficient (Wildman–Crippen LogP) is 4.16. The Hall–Kier alpha value is -4.90. The Balaban J connectivity index is 1.19. The number of amides is 2. The normalized spacial score (nSPS) is 14.3. The second kappa shape index (κ2) is 12.7. The van der Waals surface area contributed by atoms with Gasteiger partial charge < -0.3 is 19.7 Å². The highest BCUT2D eigenvalue weighted by Gasteiger charge is 2.33. The van der Waals surface area contributed by atoms with Gasteiger partial charge in [0.25, 0.3) is 21.8 Å². The lowest BCUT2D eigenvalue weighted by Gasteiger charge is -2.34. The molecule has 5 rings (SSSR count). The van der Waals surface area contributed by atoms with Crippen LogP contribution < -0.4 is 24.4 Å². The molecule has 1 atom stereocenters. The number of carbonyl (C=O) groups excluding carboxylic acids is 2. The fourth-order valence-corrected chi connectivity index (χ4v) is 5.42. The van der Waals surface area contributed by atoms with Crippen LogP contribution in [0.5, 0.6) is 11.5 Å². The summed E-state index contributed by atoms with van der Waals surface area (Å²) in [5, 5.41) is 2.88. The van der Waals surface area contributed by atoms with Crippen LogP contribution in [0.25, 0.3) is 0 Å². The van der Waals surface area contributed by atoms with Gasteiger partial charge in [-0.2, -0.15) is 0 Å². The average Bonchev–Trinajstić information content (AvgIpc) is 3.01. The summed E-state index contributed by atoms with van der Waals surface area (Å²) < 4.78 is 52.4. The Morgan fingerprint density at radius 3 is 2.33 bits per heavy atom. The van der Waals surface area contributed by atoms with Crippen molar-refractivity contribution in [2.45, 2.75) is 17.4 Å². The first-order valence-corrected chi connectivity index (χ1v) is 14.7. The number of anilines is 2. The van der Waals surface area contributed by atoms with Crippen molar-refractivity contribution in [1.82, 2.24) is 5.32 Å². The molecule has 0 aliphatic carbocycles. The lowest BCUT2D eigenvalue weighted by Crippen LogP contribution is -2.52. The molecule has 4 aromatic rings. The Labute approximate surface area is 242 Å². The first-order chi connectivity index (χ1) is 20.3. The number of nitrogens with zero attached hydrogens (tertiary/aromatic N) is 1. The molecule has 1 heterocycles. The fourth-order valence-electron chi connectivity index (χ4n) is 4.37. The minimum atomic E-state index is -3.92. The molecule has 9 nitrogen and oxygen atoms in total. The molecule has 0 aromatic heterocycles. The Kier molecular flexibility index (Phi) is 8.68. The summed E-state index contributed by atoms with van der Waals surface area (Å²) in [4.78, 5) is 27.6. The molecule has 0 saturated carbocycles. The smallest absolute Gasteiger partial charge is 0.265 e. The molecule has 0 bridgehead atoms. The first kappa shape index (κ1) is 28.6. The van der Waals surface area contributed by atoms with E-state index in [-0.39, 0.29) is 35.4 Å². The summed E-state index contributed by atoms with van der Waals surface area (Å²) in [7, 11) is -3.92. The summed E-state index contributed by atoms with van der Waals surface area (Å²) in [6.07, 6.45) is -0.243. The number of nitrogens with one attached hydrogen (secondary N) is 2. The Morgan fingerprint density at radius 1 is 0.905 bits per heavy atom. The number of fused-ring (bicyclic) bond motifs is 1. The molecule has 0 saturated heterocycles. The fraction of sp³-hybridized carbons (Fsp3) is 0.161. The van der Waals surface area contributed by atoms with Gasteiger partial charge in [-0.25, -0.2) is 12.8 Å². The third-order valence-corrected chi connectivity index (χ3v) is 7.91. The summed E-state index contributed by atoms with van der Waals surface area (Å²) in [5.74, 6) is -0.524. The van der Waals surface area contributed by atoms with Crippen molar-refractivity contribution in [1.29, 1.82) is 0 Å². The van der Waals surface area contributed by atoms with Crippen molar-refractivity contribution in [2.24, 2.45) is 0 Å². The summed E-state index contributed by atoms with van der Waals surface area (Å²) in [5.41, 5.74) is 1.83. The maximum Gasteiger partial charge on any atom is 0.265 e. The molecule has 11 heteroatoms. The number of halogens is 1. The van der Waals surface area contributed by atoms with Crippen LogP contribution >= 0.6 is 0 Å². The minimum absolute atomic E-state index is 0.00259. The van der Waals surface area contributed by atoms with Gasteiger partial charge in [-0.1, -0.05) is 42.5 Å². The van der Waals surface area contributed by atoms with Crippen LogP contribution in [-0.4, -0.2) is 46.0 Å². The molecule has 0 spiro atoms. The van der Waals surface area contributed by atoms with E-state index >= 15 is 0 Å².